The van der Waals surface area contributed by atoms with Gasteiger partial charge in [0.05, 0.1) is 17.8 Å². The van der Waals surface area contributed by atoms with Crippen LogP contribution in [0.4, 0.5) is 5.69 Å². The van der Waals surface area contributed by atoms with E-state index in [1.54, 1.807) is 16.8 Å². The summed E-state index contributed by atoms with van der Waals surface area (Å²) in [6.45, 7) is 0.425. The smallest absolute Gasteiger partial charge is 0.251 e. The quantitative estimate of drug-likeness (QED) is 0.758. The normalized spacial score (nSPS) is 10.7. The lowest BCUT2D eigenvalue weighted by Crippen LogP contribution is -2.19. The van der Waals surface area contributed by atoms with Crippen LogP contribution in [0.3, 0.4) is 0 Å². The van der Waals surface area contributed by atoms with Crippen LogP contribution in [0.25, 0.3) is 10.9 Å². The molecule has 2 N–H and O–H groups in total. The molecule has 19 heavy (non-hydrogen) atoms. The highest BCUT2D eigenvalue weighted by Gasteiger charge is 2.01. The van der Waals surface area contributed by atoms with Gasteiger partial charge in [-0.05, 0) is 18.2 Å². The van der Waals surface area contributed by atoms with Crippen molar-refractivity contribution in [2.45, 2.75) is 6.54 Å². The number of para-hydroxylation sites is 1. The second-order valence-electron chi connectivity index (χ2n) is 4.42. The number of benzene rings is 1. The Kier molecular flexibility index (Phi) is 2.76. The molecule has 4 heteroatoms. The molecule has 0 fully saturated rings. The Morgan fingerprint density at radius 1 is 1.05 bits per heavy atom. The first-order valence-electron chi connectivity index (χ1n) is 6.03. The third-order valence-corrected chi connectivity index (χ3v) is 2.99. The second kappa shape index (κ2) is 4.57. The fourth-order valence-corrected chi connectivity index (χ4v) is 2.04. The molecule has 2 heterocycles. The second-order valence-corrected chi connectivity index (χ2v) is 4.42. The standard InChI is InChI=1S/C15H13N3O/c16-12-6-8-15(19)18(9-12)10-13-7-5-11-3-1-2-4-14(11)17-13/h1-9H,10,16H2. The molecule has 0 aliphatic heterocycles. The molecule has 0 spiro atoms. The maximum absolute atomic E-state index is 11.7. The summed E-state index contributed by atoms with van der Waals surface area (Å²) in [5, 5.41) is 1.09. The Morgan fingerprint density at radius 3 is 2.79 bits per heavy atom. The molecule has 0 saturated heterocycles. The molecule has 0 aliphatic rings. The summed E-state index contributed by atoms with van der Waals surface area (Å²) >= 11 is 0. The van der Waals surface area contributed by atoms with Gasteiger partial charge >= 0.3 is 0 Å². The number of hydrogen-bond donors (Lipinski definition) is 1. The predicted molar refractivity (Wildman–Crippen MR) is 76.0 cm³/mol. The zero-order valence-corrected chi connectivity index (χ0v) is 10.3. The molecule has 0 atom stereocenters. The number of pyridine rings is 2. The minimum absolute atomic E-state index is 0.0795. The Bertz CT molecular complexity index is 792. The van der Waals surface area contributed by atoms with Gasteiger partial charge in [0, 0.05) is 23.3 Å². The van der Waals surface area contributed by atoms with Gasteiger partial charge in [0.15, 0.2) is 0 Å². The molecule has 0 unspecified atom stereocenters. The number of rotatable bonds is 2. The first-order chi connectivity index (χ1) is 9.22. The molecule has 0 aliphatic carbocycles. The van der Waals surface area contributed by atoms with Crippen molar-refractivity contribution in [2.24, 2.45) is 0 Å². The van der Waals surface area contributed by atoms with Crippen LogP contribution in [0.15, 0.2) is 59.5 Å². The highest BCUT2D eigenvalue weighted by atomic mass is 16.1. The number of hydrogen-bond acceptors (Lipinski definition) is 3. The molecule has 3 aromatic rings. The third-order valence-electron chi connectivity index (χ3n) is 2.99. The Hall–Kier alpha value is -2.62. The molecule has 4 nitrogen and oxygen atoms in total. The van der Waals surface area contributed by atoms with Crippen LogP contribution in [0.5, 0.6) is 0 Å². The number of anilines is 1. The summed E-state index contributed by atoms with van der Waals surface area (Å²) < 4.78 is 1.56. The van der Waals surface area contributed by atoms with Crippen molar-refractivity contribution in [3.63, 3.8) is 0 Å². The van der Waals surface area contributed by atoms with E-state index < -0.39 is 0 Å². The number of aromatic nitrogens is 2. The lowest BCUT2D eigenvalue weighted by Gasteiger charge is -2.07. The fourth-order valence-electron chi connectivity index (χ4n) is 2.04. The van der Waals surface area contributed by atoms with Crippen molar-refractivity contribution in [1.82, 2.24) is 9.55 Å². The van der Waals surface area contributed by atoms with Crippen molar-refractivity contribution in [1.29, 1.82) is 0 Å². The van der Waals surface area contributed by atoms with Crippen LogP contribution < -0.4 is 11.3 Å². The van der Waals surface area contributed by atoms with Gasteiger partial charge in [-0.15, -0.1) is 0 Å². The Balaban J connectivity index is 2.01. The van der Waals surface area contributed by atoms with E-state index in [-0.39, 0.29) is 5.56 Å². The van der Waals surface area contributed by atoms with Gasteiger partial charge in [0.1, 0.15) is 0 Å². The molecular weight excluding hydrogens is 238 g/mol. The maximum atomic E-state index is 11.7. The SMILES string of the molecule is Nc1ccc(=O)n(Cc2ccc3ccccc3n2)c1. The third kappa shape index (κ3) is 2.33. The van der Waals surface area contributed by atoms with E-state index in [4.69, 9.17) is 5.73 Å². The van der Waals surface area contributed by atoms with E-state index in [9.17, 15) is 4.79 Å². The van der Waals surface area contributed by atoms with Crippen LogP contribution in [0, 0.1) is 0 Å². The van der Waals surface area contributed by atoms with Crippen LogP contribution in [0.1, 0.15) is 5.69 Å². The molecule has 1 aromatic carbocycles. The minimum atomic E-state index is -0.0795. The van der Waals surface area contributed by atoms with Crippen molar-refractivity contribution in [2.75, 3.05) is 5.73 Å². The van der Waals surface area contributed by atoms with Gasteiger partial charge in [0.25, 0.3) is 5.56 Å². The van der Waals surface area contributed by atoms with Gasteiger partial charge in [0.2, 0.25) is 0 Å². The first-order valence-corrected chi connectivity index (χ1v) is 6.03. The zero-order valence-electron chi connectivity index (χ0n) is 10.3. The van der Waals surface area contributed by atoms with Gasteiger partial charge < -0.3 is 10.3 Å². The largest absolute Gasteiger partial charge is 0.398 e. The van der Waals surface area contributed by atoms with E-state index in [1.165, 1.54) is 6.07 Å². The van der Waals surface area contributed by atoms with E-state index in [1.807, 2.05) is 36.4 Å². The summed E-state index contributed by atoms with van der Waals surface area (Å²) in [5.41, 5.74) is 7.95. The van der Waals surface area contributed by atoms with Gasteiger partial charge in [-0.25, -0.2) is 0 Å². The van der Waals surface area contributed by atoms with Crippen LogP contribution >= 0.6 is 0 Å². The van der Waals surface area contributed by atoms with Crippen LogP contribution in [-0.4, -0.2) is 9.55 Å². The van der Waals surface area contributed by atoms with E-state index in [0.717, 1.165) is 16.6 Å². The van der Waals surface area contributed by atoms with E-state index in [2.05, 4.69) is 4.98 Å². The van der Waals surface area contributed by atoms with Crippen LogP contribution in [0.2, 0.25) is 0 Å². The first kappa shape index (κ1) is 11.5. The fraction of sp³-hybridized carbons (Fsp3) is 0.0667. The van der Waals surface area contributed by atoms with Crippen molar-refractivity contribution >= 4 is 16.6 Å². The average molecular weight is 251 g/mol. The average Bonchev–Trinajstić information content (AvgIpc) is 2.43. The number of nitrogens with two attached hydrogens (primary N) is 1. The highest BCUT2D eigenvalue weighted by molar-refractivity contribution is 5.78. The summed E-state index contributed by atoms with van der Waals surface area (Å²) in [6.07, 6.45) is 1.64. The molecular formula is C15H13N3O. The summed E-state index contributed by atoms with van der Waals surface area (Å²) in [4.78, 5) is 16.3. The Morgan fingerprint density at radius 2 is 1.89 bits per heavy atom. The topological polar surface area (TPSA) is 60.9 Å². The van der Waals surface area contributed by atoms with Crippen LogP contribution in [-0.2, 0) is 6.54 Å². The molecule has 2 aromatic heterocycles. The van der Waals surface area contributed by atoms with Crippen molar-refractivity contribution < 1.29 is 0 Å². The lowest BCUT2D eigenvalue weighted by atomic mass is 10.2. The van der Waals surface area contributed by atoms with Gasteiger partial charge in [-0.1, -0.05) is 24.3 Å². The van der Waals surface area contributed by atoms with E-state index >= 15 is 0 Å². The lowest BCUT2D eigenvalue weighted by molar-refractivity contribution is 0.744. The highest BCUT2D eigenvalue weighted by Crippen LogP contribution is 2.12. The summed E-state index contributed by atoms with van der Waals surface area (Å²) in [7, 11) is 0. The number of nitrogen functional groups attached to an aromatic ring is 1. The van der Waals surface area contributed by atoms with Crippen molar-refractivity contribution in [3.8, 4) is 0 Å². The predicted octanol–water partition coefficient (Wildman–Crippen LogP) is 2.03. The molecule has 0 bridgehead atoms. The van der Waals surface area contributed by atoms with Gasteiger partial charge in [-0.3, -0.25) is 9.78 Å². The monoisotopic (exact) mass is 251 g/mol. The molecule has 0 saturated carbocycles. The van der Waals surface area contributed by atoms with Gasteiger partial charge in [-0.2, -0.15) is 0 Å². The Labute approximate surface area is 110 Å². The van der Waals surface area contributed by atoms with Crippen molar-refractivity contribution in [3.05, 3.63) is 70.8 Å². The molecule has 94 valence electrons. The summed E-state index contributed by atoms with van der Waals surface area (Å²) in [6, 6.07) is 14.9. The molecule has 3 rings (SSSR count). The minimum Gasteiger partial charge on any atom is -0.398 e. The van der Waals surface area contributed by atoms with E-state index in [0.29, 0.717) is 12.2 Å². The number of nitrogens with zero attached hydrogens (tertiary/aromatic N) is 2. The maximum Gasteiger partial charge on any atom is 0.251 e. The zero-order chi connectivity index (χ0) is 13.2. The molecule has 0 amide bonds. The number of fused-ring (bicyclic) bond motifs is 1. The molecule has 0 radical (unpaired) electrons. The summed E-state index contributed by atoms with van der Waals surface area (Å²) in [5.74, 6) is 0.